The summed E-state index contributed by atoms with van der Waals surface area (Å²) in [5, 5.41) is 3.39. The lowest BCUT2D eigenvalue weighted by Crippen LogP contribution is -2.26. The molecular weight excluding hydrogens is 405 g/mol. The third kappa shape index (κ3) is 3.71. The fourth-order valence-corrected chi connectivity index (χ4v) is 2.51. The van der Waals surface area contributed by atoms with Crippen LogP contribution in [0.25, 0.3) is 0 Å². The maximum Gasteiger partial charge on any atom is 0.255 e. The molecule has 1 amide bonds. The molecule has 21 heavy (non-hydrogen) atoms. The highest BCUT2D eigenvalue weighted by Gasteiger charge is 2.19. The maximum atomic E-state index is 12.4. The first-order valence-corrected chi connectivity index (χ1v) is 7.78. The Kier molecular flexibility index (Phi) is 5.16. The van der Waals surface area contributed by atoms with Gasteiger partial charge in [-0.3, -0.25) is 4.79 Å². The monoisotopic (exact) mass is 419 g/mol. The number of nitrogens with one attached hydrogen (secondary N) is 1. The second-order valence-corrected chi connectivity index (χ2v) is 6.18. The quantitative estimate of drug-likeness (QED) is 0.750. The molecule has 0 saturated heterocycles. The summed E-state index contributed by atoms with van der Waals surface area (Å²) in [6.07, 6.45) is 0. The number of rotatable bonds is 4. The molecule has 0 aliphatic carbocycles. The minimum Gasteiger partial charge on any atom is -0.496 e. The minimum atomic E-state index is -0.258. The molecule has 1 aromatic heterocycles. The van der Waals surface area contributed by atoms with Crippen LogP contribution in [0.1, 0.15) is 34.8 Å². The number of hydrogen-bond donors (Lipinski definition) is 1. The van der Waals surface area contributed by atoms with Crippen LogP contribution < -0.4 is 10.1 Å². The predicted molar refractivity (Wildman–Crippen MR) is 90.0 cm³/mol. The smallest absolute Gasteiger partial charge is 0.255 e. The summed E-state index contributed by atoms with van der Waals surface area (Å²) in [7, 11) is 1.52. The van der Waals surface area contributed by atoms with Gasteiger partial charge in [-0.05, 0) is 60.7 Å². The highest BCUT2D eigenvalue weighted by Crippen LogP contribution is 2.28. The molecule has 2 aromatic rings. The van der Waals surface area contributed by atoms with Gasteiger partial charge in [0.1, 0.15) is 17.3 Å². The molecule has 6 heteroatoms. The van der Waals surface area contributed by atoms with E-state index in [2.05, 4.69) is 27.9 Å². The van der Waals surface area contributed by atoms with Crippen LogP contribution in [0.15, 0.2) is 28.7 Å². The van der Waals surface area contributed by atoms with Crippen molar-refractivity contribution < 1.29 is 13.9 Å². The van der Waals surface area contributed by atoms with E-state index in [1.807, 2.05) is 26.0 Å². The Balaban J connectivity index is 2.22. The zero-order chi connectivity index (χ0) is 15.6. The van der Waals surface area contributed by atoms with Gasteiger partial charge in [0, 0.05) is 3.57 Å². The number of carbonyl (C=O) groups is 1. The Labute approximate surface area is 141 Å². The largest absolute Gasteiger partial charge is 0.496 e. The summed E-state index contributed by atoms with van der Waals surface area (Å²) in [6.45, 7) is 3.72. The summed E-state index contributed by atoms with van der Waals surface area (Å²) in [6, 6.07) is 6.81. The van der Waals surface area contributed by atoms with Crippen molar-refractivity contribution >= 4 is 40.1 Å². The van der Waals surface area contributed by atoms with Crippen LogP contribution in [0.5, 0.6) is 5.75 Å². The van der Waals surface area contributed by atoms with Crippen molar-refractivity contribution in [3.8, 4) is 5.75 Å². The number of hydrogen-bond acceptors (Lipinski definition) is 3. The van der Waals surface area contributed by atoms with Gasteiger partial charge >= 0.3 is 0 Å². The Morgan fingerprint density at radius 3 is 2.71 bits per heavy atom. The van der Waals surface area contributed by atoms with E-state index >= 15 is 0 Å². The predicted octanol–water partition coefficient (Wildman–Crippen LogP) is 4.35. The number of amides is 1. The van der Waals surface area contributed by atoms with Gasteiger partial charge in [0.2, 0.25) is 0 Å². The van der Waals surface area contributed by atoms with Gasteiger partial charge in [-0.15, -0.1) is 0 Å². The molecule has 112 valence electrons. The number of ether oxygens (including phenoxy) is 1. The fraction of sp³-hybridized carbons (Fsp3) is 0.267. The Bertz CT molecular complexity index is 669. The third-order valence-corrected chi connectivity index (χ3v) is 4.55. The molecule has 0 aliphatic heterocycles. The van der Waals surface area contributed by atoms with Gasteiger partial charge in [0.25, 0.3) is 5.91 Å². The zero-order valence-electron chi connectivity index (χ0n) is 11.9. The van der Waals surface area contributed by atoms with Crippen molar-refractivity contribution in [2.24, 2.45) is 0 Å². The number of aryl methyl sites for hydroxylation is 1. The summed E-state index contributed by atoms with van der Waals surface area (Å²) in [4.78, 5) is 12.4. The molecule has 1 heterocycles. The normalized spacial score (nSPS) is 12.0. The van der Waals surface area contributed by atoms with Gasteiger partial charge < -0.3 is 14.5 Å². The molecule has 0 radical (unpaired) electrons. The van der Waals surface area contributed by atoms with Crippen LogP contribution in [0.2, 0.25) is 5.02 Å². The van der Waals surface area contributed by atoms with E-state index in [1.54, 1.807) is 12.1 Å². The van der Waals surface area contributed by atoms with Crippen molar-refractivity contribution in [1.82, 2.24) is 5.32 Å². The topological polar surface area (TPSA) is 51.5 Å². The maximum absolute atomic E-state index is 12.4. The second-order valence-electron chi connectivity index (χ2n) is 4.61. The number of benzene rings is 1. The first-order chi connectivity index (χ1) is 9.92. The van der Waals surface area contributed by atoms with Crippen molar-refractivity contribution in [2.45, 2.75) is 19.9 Å². The number of furan rings is 1. The molecule has 1 atom stereocenters. The second kappa shape index (κ2) is 6.70. The number of halogens is 2. The summed E-state index contributed by atoms with van der Waals surface area (Å²) in [5.74, 6) is 1.74. The molecule has 0 aliphatic rings. The molecule has 1 unspecified atom stereocenters. The summed E-state index contributed by atoms with van der Waals surface area (Å²) < 4.78 is 11.6. The third-order valence-electron chi connectivity index (χ3n) is 3.02. The van der Waals surface area contributed by atoms with Crippen LogP contribution >= 0.6 is 34.2 Å². The van der Waals surface area contributed by atoms with E-state index in [0.29, 0.717) is 22.1 Å². The molecule has 0 bridgehead atoms. The minimum absolute atomic E-state index is 0.242. The van der Waals surface area contributed by atoms with Crippen LogP contribution in [-0.2, 0) is 0 Å². The zero-order valence-corrected chi connectivity index (χ0v) is 14.8. The van der Waals surface area contributed by atoms with Gasteiger partial charge in [0.05, 0.1) is 23.7 Å². The SMILES string of the molecule is COc1cc(I)c(Cl)cc1C(=O)NC(C)c1ccc(C)o1. The van der Waals surface area contributed by atoms with Crippen LogP contribution in [0.4, 0.5) is 0 Å². The fourth-order valence-electron chi connectivity index (χ4n) is 1.91. The lowest BCUT2D eigenvalue weighted by atomic mass is 10.1. The van der Waals surface area contributed by atoms with Crippen molar-refractivity contribution in [1.29, 1.82) is 0 Å². The van der Waals surface area contributed by atoms with Gasteiger partial charge in [-0.25, -0.2) is 0 Å². The Hall–Kier alpha value is -1.21. The molecule has 2 rings (SSSR count). The van der Waals surface area contributed by atoms with E-state index < -0.39 is 0 Å². The van der Waals surface area contributed by atoms with E-state index in [4.69, 9.17) is 20.8 Å². The van der Waals surface area contributed by atoms with Crippen LogP contribution in [-0.4, -0.2) is 13.0 Å². The van der Waals surface area contributed by atoms with Crippen molar-refractivity contribution in [3.05, 3.63) is 49.9 Å². The Morgan fingerprint density at radius 1 is 1.43 bits per heavy atom. The molecular formula is C15H15ClINO3. The first kappa shape index (κ1) is 16.2. The molecule has 0 spiro atoms. The summed E-state index contributed by atoms with van der Waals surface area (Å²) >= 11 is 8.17. The Morgan fingerprint density at radius 2 is 2.14 bits per heavy atom. The van der Waals surface area contributed by atoms with Crippen molar-refractivity contribution in [3.63, 3.8) is 0 Å². The molecule has 0 saturated carbocycles. The van der Waals surface area contributed by atoms with E-state index in [9.17, 15) is 4.79 Å². The van der Waals surface area contributed by atoms with Crippen LogP contribution in [0.3, 0.4) is 0 Å². The van der Waals surface area contributed by atoms with Gasteiger partial charge in [-0.2, -0.15) is 0 Å². The van der Waals surface area contributed by atoms with E-state index in [1.165, 1.54) is 7.11 Å². The number of methoxy groups -OCH3 is 1. The number of carbonyl (C=O) groups excluding carboxylic acids is 1. The lowest BCUT2D eigenvalue weighted by molar-refractivity contribution is 0.0932. The molecule has 4 nitrogen and oxygen atoms in total. The van der Waals surface area contributed by atoms with Crippen LogP contribution in [0, 0.1) is 10.5 Å². The average molecular weight is 420 g/mol. The highest BCUT2D eigenvalue weighted by molar-refractivity contribution is 14.1. The van der Waals surface area contributed by atoms with E-state index in [0.717, 1.165) is 9.33 Å². The van der Waals surface area contributed by atoms with Crippen molar-refractivity contribution in [2.75, 3.05) is 7.11 Å². The standard InChI is InChI=1S/C15H15ClINO3/c1-8-4-5-13(21-8)9(2)18-15(19)10-6-11(16)12(17)7-14(10)20-3/h4-7,9H,1-3H3,(H,18,19). The van der Waals surface area contributed by atoms with Gasteiger partial charge in [-0.1, -0.05) is 11.6 Å². The highest BCUT2D eigenvalue weighted by atomic mass is 127. The summed E-state index contributed by atoms with van der Waals surface area (Å²) in [5.41, 5.74) is 0.401. The first-order valence-electron chi connectivity index (χ1n) is 6.32. The van der Waals surface area contributed by atoms with E-state index in [-0.39, 0.29) is 11.9 Å². The average Bonchev–Trinajstić information content (AvgIpc) is 2.88. The molecule has 0 fully saturated rings. The molecule has 1 aromatic carbocycles. The lowest BCUT2D eigenvalue weighted by Gasteiger charge is -2.14. The van der Waals surface area contributed by atoms with Gasteiger partial charge in [0.15, 0.2) is 0 Å². The molecule has 1 N–H and O–H groups in total.